The zero-order chi connectivity index (χ0) is 14.7. The SMILES string of the molecule is CCc1cc(Cc2ccccc2)nn1C1CCN(C)CC1. The molecule has 1 aromatic carbocycles. The van der Waals surface area contributed by atoms with Gasteiger partial charge in [-0.1, -0.05) is 37.3 Å². The highest BCUT2D eigenvalue weighted by atomic mass is 15.3. The van der Waals surface area contributed by atoms with E-state index in [2.05, 4.69) is 60.0 Å². The minimum Gasteiger partial charge on any atom is -0.306 e. The Labute approximate surface area is 127 Å². The molecule has 3 nitrogen and oxygen atoms in total. The van der Waals surface area contributed by atoms with Crippen molar-refractivity contribution in [3.8, 4) is 0 Å². The minimum atomic E-state index is 0.584. The number of rotatable bonds is 4. The Bertz CT molecular complexity index is 565. The van der Waals surface area contributed by atoms with E-state index in [0.717, 1.165) is 12.8 Å². The zero-order valence-corrected chi connectivity index (χ0v) is 13.1. The smallest absolute Gasteiger partial charge is 0.0671 e. The van der Waals surface area contributed by atoms with Crippen molar-refractivity contribution >= 4 is 0 Å². The number of hydrogen-bond donors (Lipinski definition) is 0. The molecule has 0 saturated carbocycles. The molecule has 1 aliphatic heterocycles. The third-order valence-electron chi connectivity index (χ3n) is 4.49. The topological polar surface area (TPSA) is 21.1 Å². The van der Waals surface area contributed by atoms with Gasteiger partial charge in [0.1, 0.15) is 0 Å². The van der Waals surface area contributed by atoms with Gasteiger partial charge >= 0.3 is 0 Å². The number of piperidine rings is 1. The Kier molecular flexibility index (Phi) is 4.39. The molecule has 0 radical (unpaired) electrons. The van der Waals surface area contributed by atoms with Crippen LogP contribution < -0.4 is 0 Å². The highest BCUT2D eigenvalue weighted by Gasteiger charge is 2.21. The van der Waals surface area contributed by atoms with Crippen molar-refractivity contribution in [2.24, 2.45) is 0 Å². The van der Waals surface area contributed by atoms with E-state index >= 15 is 0 Å². The fourth-order valence-electron chi connectivity index (χ4n) is 3.20. The number of nitrogens with zero attached hydrogens (tertiary/aromatic N) is 3. The molecule has 3 rings (SSSR count). The largest absolute Gasteiger partial charge is 0.306 e. The molecule has 0 N–H and O–H groups in total. The Morgan fingerprint density at radius 2 is 1.86 bits per heavy atom. The van der Waals surface area contributed by atoms with Gasteiger partial charge in [-0.15, -0.1) is 0 Å². The average molecular weight is 283 g/mol. The normalized spacial score (nSPS) is 17.2. The van der Waals surface area contributed by atoms with E-state index in [1.54, 1.807) is 0 Å². The van der Waals surface area contributed by atoms with Gasteiger partial charge in [-0.3, -0.25) is 4.68 Å². The van der Waals surface area contributed by atoms with Crippen LogP contribution in [0.25, 0.3) is 0 Å². The van der Waals surface area contributed by atoms with Gasteiger partial charge in [-0.05, 0) is 51.0 Å². The van der Waals surface area contributed by atoms with Gasteiger partial charge in [-0.25, -0.2) is 0 Å². The summed E-state index contributed by atoms with van der Waals surface area (Å²) >= 11 is 0. The van der Waals surface area contributed by atoms with Crippen molar-refractivity contribution in [2.45, 2.75) is 38.6 Å². The number of hydrogen-bond acceptors (Lipinski definition) is 2. The number of aromatic nitrogens is 2. The summed E-state index contributed by atoms with van der Waals surface area (Å²) < 4.78 is 2.31. The van der Waals surface area contributed by atoms with Crippen molar-refractivity contribution in [2.75, 3.05) is 20.1 Å². The second kappa shape index (κ2) is 6.44. The van der Waals surface area contributed by atoms with Gasteiger partial charge in [0, 0.05) is 12.1 Å². The molecule has 0 unspecified atom stereocenters. The summed E-state index contributed by atoms with van der Waals surface area (Å²) in [4.78, 5) is 2.41. The van der Waals surface area contributed by atoms with Crippen LogP contribution in [-0.4, -0.2) is 34.8 Å². The van der Waals surface area contributed by atoms with Crippen molar-refractivity contribution in [3.63, 3.8) is 0 Å². The van der Waals surface area contributed by atoms with Crippen LogP contribution in [0.2, 0.25) is 0 Å². The van der Waals surface area contributed by atoms with E-state index in [1.807, 2.05) is 0 Å². The molecule has 1 aromatic heterocycles. The van der Waals surface area contributed by atoms with E-state index < -0.39 is 0 Å². The number of likely N-dealkylation sites (tertiary alicyclic amines) is 1. The summed E-state index contributed by atoms with van der Waals surface area (Å²) in [5, 5.41) is 4.92. The molecule has 112 valence electrons. The maximum atomic E-state index is 4.92. The van der Waals surface area contributed by atoms with Gasteiger partial charge in [0.15, 0.2) is 0 Å². The number of aryl methyl sites for hydroxylation is 1. The van der Waals surface area contributed by atoms with E-state index in [1.165, 1.54) is 42.9 Å². The molecule has 1 saturated heterocycles. The lowest BCUT2D eigenvalue weighted by atomic mass is 10.1. The predicted octanol–water partition coefficient (Wildman–Crippen LogP) is 3.30. The average Bonchev–Trinajstić information content (AvgIpc) is 2.92. The van der Waals surface area contributed by atoms with Crippen LogP contribution in [0.5, 0.6) is 0 Å². The summed E-state index contributed by atoms with van der Waals surface area (Å²) in [5.74, 6) is 0. The molecular weight excluding hydrogens is 258 g/mol. The molecule has 21 heavy (non-hydrogen) atoms. The second-order valence-corrected chi connectivity index (χ2v) is 6.12. The quantitative estimate of drug-likeness (QED) is 0.858. The fraction of sp³-hybridized carbons (Fsp3) is 0.500. The van der Waals surface area contributed by atoms with Crippen molar-refractivity contribution in [1.82, 2.24) is 14.7 Å². The Hall–Kier alpha value is -1.61. The van der Waals surface area contributed by atoms with E-state index in [4.69, 9.17) is 5.10 Å². The molecule has 2 heterocycles. The lowest BCUT2D eigenvalue weighted by Crippen LogP contribution is -2.32. The monoisotopic (exact) mass is 283 g/mol. The molecule has 0 aliphatic carbocycles. The van der Waals surface area contributed by atoms with Gasteiger partial charge < -0.3 is 4.90 Å². The van der Waals surface area contributed by atoms with Crippen LogP contribution in [0.3, 0.4) is 0 Å². The predicted molar refractivity (Wildman–Crippen MR) is 86.6 cm³/mol. The Morgan fingerprint density at radius 3 is 2.52 bits per heavy atom. The molecular formula is C18H25N3. The van der Waals surface area contributed by atoms with Crippen LogP contribution in [0.4, 0.5) is 0 Å². The second-order valence-electron chi connectivity index (χ2n) is 6.12. The van der Waals surface area contributed by atoms with Crippen molar-refractivity contribution in [1.29, 1.82) is 0 Å². The van der Waals surface area contributed by atoms with Crippen LogP contribution >= 0.6 is 0 Å². The maximum absolute atomic E-state index is 4.92. The van der Waals surface area contributed by atoms with Gasteiger partial charge in [0.2, 0.25) is 0 Å². The van der Waals surface area contributed by atoms with Crippen LogP contribution in [0.1, 0.15) is 42.8 Å². The molecule has 0 atom stereocenters. The van der Waals surface area contributed by atoms with Crippen LogP contribution in [-0.2, 0) is 12.8 Å². The van der Waals surface area contributed by atoms with E-state index in [9.17, 15) is 0 Å². The summed E-state index contributed by atoms with van der Waals surface area (Å²) in [5.41, 5.74) is 3.93. The van der Waals surface area contributed by atoms with Gasteiger partial charge in [-0.2, -0.15) is 5.10 Å². The first kappa shape index (κ1) is 14.3. The van der Waals surface area contributed by atoms with Gasteiger partial charge in [0.05, 0.1) is 11.7 Å². The maximum Gasteiger partial charge on any atom is 0.0671 e. The van der Waals surface area contributed by atoms with Crippen molar-refractivity contribution in [3.05, 3.63) is 53.3 Å². The summed E-state index contributed by atoms with van der Waals surface area (Å²) in [6.45, 7) is 4.60. The highest BCUT2D eigenvalue weighted by Crippen LogP contribution is 2.24. The van der Waals surface area contributed by atoms with E-state index in [0.29, 0.717) is 6.04 Å². The highest BCUT2D eigenvalue weighted by molar-refractivity contribution is 5.23. The molecule has 1 fully saturated rings. The summed E-state index contributed by atoms with van der Waals surface area (Å²) in [6, 6.07) is 13.5. The number of benzene rings is 1. The molecule has 2 aromatic rings. The first-order valence-electron chi connectivity index (χ1n) is 8.06. The minimum absolute atomic E-state index is 0.584. The molecule has 1 aliphatic rings. The first-order chi connectivity index (χ1) is 10.3. The molecule has 0 spiro atoms. The molecule has 0 bridgehead atoms. The third-order valence-corrected chi connectivity index (χ3v) is 4.49. The lowest BCUT2D eigenvalue weighted by Gasteiger charge is -2.30. The Morgan fingerprint density at radius 1 is 1.14 bits per heavy atom. The fourth-order valence-corrected chi connectivity index (χ4v) is 3.20. The lowest BCUT2D eigenvalue weighted by molar-refractivity contribution is 0.209. The first-order valence-corrected chi connectivity index (χ1v) is 8.06. The summed E-state index contributed by atoms with van der Waals surface area (Å²) in [7, 11) is 2.21. The third kappa shape index (κ3) is 3.35. The van der Waals surface area contributed by atoms with Gasteiger partial charge in [0.25, 0.3) is 0 Å². The zero-order valence-electron chi connectivity index (χ0n) is 13.1. The molecule has 0 amide bonds. The van der Waals surface area contributed by atoms with E-state index in [-0.39, 0.29) is 0 Å². The standard InChI is InChI=1S/C18H25N3/c1-3-17-14-16(13-15-7-5-4-6-8-15)19-21(17)18-9-11-20(2)12-10-18/h4-8,14,18H,3,9-13H2,1-2H3. The van der Waals surface area contributed by atoms with Crippen LogP contribution in [0, 0.1) is 0 Å². The molecule has 3 heteroatoms. The van der Waals surface area contributed by atoms with Crippen LogP contribution in [0.15, 0.2) is 36.4 Å². The van der Waals surface area contributed by atoms with Crippen molar-refractivity contribution < 1.29 is 0 Å². The Balaban J connectivity index is 1.78. The summed E-state index contributed by atoms with van der Waals surface area (Å²) in [6.07, 6.45) is 4.44.